The Bertz CT molecular complexity index is 1250. The van der Waals surface area contributed by atoms with Crippen molar-refractivity contribution in [2.45, 2.75) is 18.4 Å². The average molecular weight is 402 g/mol. The van der Waals surface area contributed by atoms with Crippen LogP contribution in [0.4, 0.5) is 0 Å². The molecule has 0 radical (unpaired) electrons. The fourth-order valence-corrected chi connectivity index (χ4v) is 6.03. The Morgan fingerprint density at radius 2 is 1.10 bits per heavy atom. The standard InChI is InChI=1S/C29H23NO/c1-3-9-21-19(7-1)15-25-23(21)11-5-13-27(25)29(17-31-18-30-29)28-14-6-12-24-22-10-4-2-8-20(22)16-26(24)28/h1-14,30H,15-18H2. The van der Waals surface area contributed by atoms with Crippen LogP contribution in [0.5, 0.6) is 0 Å². The van der Waals surface area contributed by atoms with Crippen molar-refractivity contribution >= 4 is 0 Å². The summed E-state index contributed by atoms with van der Waals surface area (Å²) >= 11 is 0. The molecule has 0 bridgehead atoms. The number of hydrogen-bond donors (Lipinski definition) is 1. The second-order valence-electron chi connectivity index (χ2n) is 8.91. The normalized spacial score (nSPS) is 17.2. The van der Waals surface area contributed by atoms with Crippen LogP contribution in [-0.2, 0) is 23.1 Å². The van der Waals surface area contributed by atoms with Gasteiger partial charge in [-0.15, -0.1) is 0 Å². The van der Waals surface area contributed by atoms with E-state index in [1.807, 2.05) is 0 Å². The molecule has 1 N–H and O–H groups in total. The van der Waals surface area contributed by atoms with Gasteiger partial charge in [0, 0.05) is 0 Å². The molecule has 7 rings (SSSR count). The van der Waals surface area contributed by atoms with E-state index < -0.39 is 0 Å². The number of hydrogen-bond acceptors (Lipinski definition) is 2. The van der Waals surface area contributed by atoms with Crippen molar-refractivity contribution in [1.29, 1.82) is 0 Å². The number of fused-ring (bicyclic) bond motifs is 6. The van der Waals surface area contributed by atoms with Gasteiger partial charge in [0.2, 0.25) is 0 Å². The van der Waals surface area contributed by atoms with Gasteiger partial charge in [-0.05, 0) is 68.5 Å². The Balaban J connectivity index is 1.45. The van der Waals surface area contributed by atoms with Crippen LogP contribution < -0.4 is 5.32 Å². The van der Waals surface area contributed by atoms with Gasteiger partial charge in [-0.3, -0.25) is 5.32 Å². The topological polar surface area (TPSA) is 21.3 Å². The van der Waals surface area contributed by atoms with Crippen molar-refractivity contribution in [2.75, 3.05) is 13.3 Å². The molecule has 150 valence electrons. The highest BCUT2D eigenvalue weighted by molar-refractivity contribution is 5.81. The summed E-state index contributed by atoms with van der Waals surface area (Å²) in [6, 6.07) is 31.3. The van der Waals surface area contributed by atoms with Crippen LogP contribution in [0.3, 0.4) is 0 Å². The molecule has 4 aromatic carbocycles. The predicted octanol–water partition coefficient (Wildman–Crippen LogP) is 5.65. The molecular formula is C29H23NO. The van der Waals surface area contributed by atoms with E-state index in [2.05, 4.69) is 90.2 Å². The van der Waals surface area contributed by atoms with E-state index in [9.17, 15) is 0 Å². The minimum absolute atomic E-state index is 0.319. The largest absolute Gasteiger partial charge is 0.364 e. The van der Waals surface area contributed by atoms with Gasteiger partial charge in [-0.25, -0.2) is 0 Å². The number of benzene rings is 4. The van der Waals surface area contributed by atoms with Crippen LogP contribution in [-0.4, -0.2) is 13.3 Å². The monoisotopic (exact) mass is 401 g/mol. The molecule has 3 aliphatic rings. The molecule has 2 heteroatoms. The SMILES string of the molecule is c1ccc2c(c1)Cc1c-2cccc1C1(c2cccc3c2Cc2ccccc2-3)COCN1. The molecule has 0 saturated carbocycles. The zero-order valence-corrected chi connectivity index (χ0v) is 17.3. The molecular weight excluding hydrogens is 378 g/mol. The first-order valence-electron chi connectivity index (χ1n) is 11.1. The first-order valence-corrected chi connectivity index (χ1v) is 11.1. The van der Waals surface area contributed by atoms with Gasteiger partial charge in [-0.2, -0.15) is 0 Å². The summed E-state index contributed by atoms with van der Waals surface area (Å²) in [5, 5.41) is 3.79. The first-order chi connectivity index (χ1) is 15.4. The van der Waals surface area contributed by atoms with Gasteiger partial charge in [0.15, 0.2) is 0 Å². The molecule has 31 heavy (non-hydrogen) atoms. The van der Waals surface area contributed by atoms with E-state index in [1.54, 1.807) is 0 Å². The van der Waals surface area contributed by atoms with Crippen molar-refractivity contribution in [3.63, 3.8) is 0 Å². The lowest BCUT2D eigenvalue weighted by Gasteiger charge is -2.33. The Kier molecular flexibility index (Phi) is 3.61. The van der Waals surface area contributed by atoms with E-state index in [-0.39, 0.29) is 5.54 Å². The quantitative estimate of drug-likeness (QED) is 0.405. The average Bonchev–Trinajstić information content (AvgIpc) is 3.54. The van der Waals surface area contributed by atoms with E-state index in [1.165, 1.54) is 55.6 Å². The molecule has 0 amide bonds. The van der Waals surface area contributed by atoms with E-state index >= 15 is 0 Å². The number of nitrogens with one attached hydrogen (secondary N) is 1. The van der Waals surface area contributed by atoms with Crippen molar-refractivity contribution in [3.05, 3.63) is 118 Å². The molecule has 0 aromatic heterocycles. The molecule has 0 spiro atoms. The predicted molar refractivity (Wildman–Crippen MR) is 124 cm³/mol. The number of rotatable bonds is 2. The Morgan fingerprint density at radius 1 is 0.581 bits per heavy atom. The van der Waals surface area contributed by atoms with Gasteiger partial charge in [0.05, 0.1) is 18.9 Å². The highest BCUT2D eigenvalue weighted by Crippen LogP contribution is 2.47. The van der Waals surface area contributed by atoms with Crippen LogP contribution in [0.2, 0.25) is 0 Å². The molecule has 1 heterocycles. The molecule has 1 aliphatic heterocycles. The molecule has 2 nitrogen and oxygen atoms in total. The Morgan fingerprint density at radius 3 is 1.61 bits per heavy atom. The van der Waals surface area contributed by atoms with Gasteiger partial charge in [0.25, 0.3) is 0 Å². The van der Waals surface area contributed by atoms with Crippen LogP contribution in [0.25, 0.3) is 22.3 Å². The van der Waals surface area contributed by atoms with Gasteiger partial charge in [0.1, 0.15) is 0 Å². The lowest BCUT2D eigenvalue weighted by molar-refractivity contribution is 0.182. The van der Waals surface area contributed by atoms with E-state index in [4.69, 9.17) is 4.74 Å². The molecule has 1 saturated heterocycles. The maximum absolute atomic E-state index is 6.03. The molecule has 0 atom stereocenters. The summed E-state index contributed by atoms with van der Waals surface area (Å²) < 4.78 is 6.03. The maximum atomic E-state index is 6.03. The molecule has 4 aromatic rings. The summed E-state index contributed by atoms with van der Waals surface area (Å²) in [6.07, 6.45) is 1.97. The van der Waals surface area contributed by atoms with Crippen LogP contribution in [0.1, 0.15) is 33.4 Å². The summed E-state index contributed by atoms with van der Waals surface area (Å²) in [7, 11) is 0. The third-order valence-corrected chi connectivity index (χ3v) is 7.42. The molecule has 2 aliphatic carbocycles. The van der Waals surface area contributed by atoms with Crippen LogP contribution in [0.15, 0.2) is 84.9 Å². The second kappa shape index (κ2) is 6.40. The van der Waals surface area contributed by atoms with Crippen LogP contribution >= 0.6 is 0 Å². The third-order valence-electron chi connectivity index (χ3n) is 7.42. The number of ether oxygens (including phenoxy) is 1. The highest BCUT2D eigenvalue weighted by Gasteiger charge is 2.43. The minimum Gasteiger partial charge on any atom is -0.364 e. The minimum atomic E-state index is -0.319. The van der Waals surface area contributed by atoms with Crippen molar-refractivity contribution in [1.82, 2.24) is 5.32 Å². The molecule has 0 unspecified atom stereocenters. The van der Waals surface area contributed by atoms with Crippen molar-refractivity contribution in [3.8, 4) is 22.3 Å². The Hall–Kier alpha value is -3.20. The fraction of sp³-hybridized carbons (Fsp3) is 0.172. The fourth-order valence-electron chi connectivity index (χ4n) is 6.03. The van der Waals surface area contributed by atoms with E-state index in [0.717, 1.165) is 12.8 Å². The smallest absolute Gasteiger partial charge is 0.0976 e. The Labute approximate surface area is 182 Å². The lowest BCUT2D eigenvalue weighted by atomic mass is 9.77. The first kappa shape index (κ1) is 17.5. The highest BCUT2D eigenvalue weighted by atomic mass is 16.5. The van der Waals surface area contributed by atoms with Crippen LogP contribution in [0, 0.1) is 0 Å². The third kappa shape index (κ3) is 2.35. The molecule has 1 fully saturated rings. The van der Waals surface area contributed by atoms with Gasteiger partial charge >= 0.3 is 0 Å². The van der Waals surface area contributed by atoms with Gasteiger partial charge in [-0.1, -0.05) is 84.9 Å². The van der Waals surface area contributed by atoms with Crippen molar-refractivity contribution in [2.24, 2.45) is 0 Å². The summed E-state index contributed by atoms with van der Waals surface area (Å²) in [4.78, 5) is 0. The lowest BCUT2D eigenvalue weighted by Crippen LogP contribution is -2.42. The van der Waals surface area contributed by atoms with E-state index in [0.29, 0.717) is 13.3 Å². The zero-order valence-electron chi connectivity index (χ0n) is 17.3. The van der Waals surface area contributed by atoms with Crippen molar-refractivity contribution < 1.29 is 4.74 Å². The summed E-state index contributed by atoms with van der Waals surface area (Å²) in [5.41, 5.74) is 13.6. The maximum Gasteiger partial charge on any atom is 0.0976 e. The zero-order chi connectivity index (χ0) is 20.4. The summed E-state index contributed by atoms with van der Waals surface area (Å²) in [6.45, 7) is 1.24. The van der Waals surface area contributed by atoms with Gasteiger partial charge < -0.3 is 4.74 Å². The summed E-state index contributed by atoms with van der Waals surface area (Å²) in [5.74, 6) is 0. The second-order valence-corrected chi connectivity index (χ2v) is 8.91.